The van der Waals surface area contributed by atoms with Crippen molar-refractivity contribution in [2.24, 2.45) is 5.92 Å². The van der Waals surface area contributed by atoms with Crippen LogP contribution < -0.4 is 0 Å². The lowest BCUT2D eigenvalue weighted by molar-refractivity contribution is -0.163. The number of esters is 1. The molecule has 0 spiro atoms. The molecule has 2 unspecified atom stereocenters. The molecule has 0 heterocycles. The number of Topliss-reactive ketones (excluding diaryl/α,β-unsaturated/α-hetero) is 2. The van der Waals surface area contributed by atoms with Crippen LogP contribution in [0, 0.1) is 5.92 Å². The second-order valence-corrected chi connectivity index (χ2v) is 14.3. The summed E-state index contributed by atoms with van der Waals surface area (Å²) in [5, 5.41) is 0. The SMILES string of the molecule is CCCCCCCC/C=C\CCCCCCCC(=O)C(OC(C)=O)C(C(=O)CCCCCCC/C=C\CCCCCCCC)C(=O)N(C)C. The van der Waals surface area contributed by atoms with Gasteiger partial charge in [-0.2, -0.15) is 0 Å². The fraction of sp³-hybridized carbons (Fsp3) is 0.814. The highest BCUT2D eigenvalue weighted by Gasteiger charge is 2.41. The van der Waals surface area contributed by atoms with Gasteiger partial charge < -0.3 is 9.64 Å². The van der Waals surface area contributed by atoms with Gasteiger partial charge in [0.1, 0.15) is 11.7 Å². The van der Waals surface area contributed by atoms with Crippen molar-refractivity contribution in [3.05, 3.63) is 24.3 Å². The summed E-state index contributed by atoms with van der Waals surface area (Å²) in [5.74, 6) is -3.02. The number of carbonyl (C=O) groups is 4. The van der Waals surface area contributed by atoms with Crippen molar-refractivity contribution < 1.29 is 23.9 Å². The van der Waals surface area contributed by atoms with Gasteiger partial charge in [-0.15, -0.1) is 0 Å². The first-order valence-corrected chi connectivity index (χ1v) is 20.5. The zero-order valence-electron chi connectivity index (χ0n) is 32.8. The number of hydrogen-bond acceptors (Lipinski definition) is 5. The number of carbonyl (C=O) groups excluding carboxylic acids is 4. The van der Waals surface area contributed by atoms with Gasteiger partial charge in [0.15, 0.2) is 11.9 Å². The van der Waals surface area contributed by atoms with Crippen LogP contribution in [0.4, 0.5) is 0 Å². The Morgan fingerprint density at radius 2 is 0.816 bits per heavy atom. The van der Waals surface area contributed by atoms with Crippen LogP contribution in [0.15, 0.2) is 24.3 Å². The molecule has 0 rings (SSSR count). The van der Waals surface area contributed by atoms with E-state index in [0.717, 1.165) is 64.2 Å². The predicted molar refractivity (Wildman–Crippen MR) is 207 cm³/mol. The van der Waals surface area contributed by atoms with Crippen LogP contribution in [0.3, 0.4) is 0 Å². The second kappa shape index (κ2) is 34.2. The van der Waals surface area contributed by atoms with Crippen LogP contribution >= 0.6 is 0 Å². The topological polar surface area (TPSA) is 80.8 Å². The molecule has 2 atom stereocenters. The Bertz CT molecular complexity index is 893. The molecule has 0 aliphatic rings. The maximum Gasteiger partial charge on any atom is 0.303 e. The highest BCUT2D eigenvalue weighted by molar-refractivity contribution is 6.06. The molecule has 0 fully saturated rings. The molecule has 1 amide bonds. The average molecular weight is 688 g/mol. The lowest BCUT2D eigenvalue weighted by atomic mass is 9.88. The van der Waals surface area contributed by atoms with Crippen molar-refractivity contribution in [2.75, 3.05) is 14.1 Å². The van der Waals surface area contributed by atoms with E-state index >= 15 is 0 Å². The number of allylic oxidation sites excluding steroid dienone is 4. The van der Waals surface area contributed by atoms with E-state index in [1.807, 2.05) is 0 Å². The zero-order valence-corrected chi connectivity index (χ0v) is 32.8. The van der Waals surface area contributed by atoms with Crippen LogP contribution in [-0.2, 0) is 23.9 Å². The highest BCUT2D eigenvalue weighted by Crippen LogP contribution is 2.21. The lowest BCUT2D eigenvalue weighted by Gasteiger charge is -2.26. The van der Waals surface area contributed by atoms with Gasteiger partial charge in [0.2, 0.25) is 5.91 Å². The van der Waals surface area contributed by atoms with Crippen LogP contribution in [-0.4, -0.2) is 48.5 Å². The minimum atomic E-state index is -1.35. The molecule has 0 aromatic rings. The summed E-state index contributed by atoms with van der Waals surface area (Å²) in [6, 6.07) is 0. The summed E-state index contributed by atoms with van der Waals surface area (Å²) < 4.78 is 5.40. The molecule has 6 heteroatoms. The number of amides is 1. The van der Waals surface area contributed by atoms with Gasteiger partial charge >= 0.3 is 5.97 Å². The standard InChI is InChI=1S/C43H77NO5/c1-6-8-10-12-14-16-18-20-22-24-26-28-30-32-34-36-39(46)41(43(48)44(4)5)42(49-38(3)45)40(47)37-35-33-31-29-27-25-23-21-19-17-15-13-11-9-7-2/h20-23,41-42H,6-19,24-37H2,1-5H3/b22-20-,23-21-. The minimum Gasteiger partial charge on any atom is -0.453 e. The van der Waals surface area contributed by atoms with Crippen LogP contribution in [0.1, 0.15) is 201 Å². The molecule has 6 nitrogen and oxygen atoms in total. The van der Waals surface area contributed by atoms with Gasteiger partial charge in [0.25, 0.3) is 0 Å². The summed E-state index contributed by atoms with van der Waals surface area (Å²) in [4.78, 5) is 53.1. The van der Waals surface area contributed by atoms with E-state index in [-0.39, 0.29) is 24.4 Å². The molecule has 0 saturated heterocycles. The Balaban J connectivity index is 4.48. The Hall–Kier alpha value is -2.24. The maximum atomic E-state index is 13.4. The zero-order chi connectivity index (χ0) is 36.4. The predicted octanol–water partition coefficient (Wildman–Crippen LogP) is 11.8. The number of ketones is 2. The van der Waals surface area contributed by atoms with Gasteiger partial charge in [0.05, 0.1) is 0 Å². The summed E-state index contributed by atoms with van der Waals surface area (Å²) in [7, 11) is 3.15. The molecule has 0 radical (unpaired) electrons. The average Bonchev–Trinajstić information content (AvgIpc) is 3.07. The van der Waals surface area contributed by atoms with E-state index in [9.17, 15) is 19.2 Å². The van der Waals surface area contributed by atoms with E-state index in [2.05, 4.69) is 38.2 Å². The van der Waals surface area contributed by atoms with Gasteiger partial charge in [-0.1, -0.05) is 141 Å². The highest BCUT2D eigenvalue weighted by atomic mass is 16.5. The fourth-order valence-electron chi connectivity index (χ4n) is 6.25. The molecular weight excluding hydrogens is 610 g/mol. The first-order chi connectivity index (χ1) is 23.8. The smallest absolute Gasteiger partial charge is 0.303 e. The van der Waals surface area contributed by atoms with Crippen LogP contribution in [0.25, 0.3) is 0 Å². The van der Waals surface area contributed by atoms with Crippen molar-refractivity contribution in [2.45, 2.75) is 207 Å². The van der Waals surface area contributed by atoms with Gasteiger partial charge in [-0.3, -0.25) is 19.2 Å². The summed E-state index contributed by atoms with van der Waals surface area (Å²) >= 11 is 0. The normalized spacial score (nSPS) is 12.8. The van der Waals surface area contributed by atoms with Crippen molar-refractivity contribution in [3.63, 3.8) is 0 Å². The number of ether oxygens (including phenoxy) is 1. The van der Waals surface area contributed by atoms with Gasteiger partial charge in [-0.25, -0.2) is 0 Å². The van der Waals surface area contributed by atoms with E-state index in [1.165, 1.54) is 102 Å². The van der Waals surface area contributed by atoms with Crippen molar-refractivity contribution >= 4 is 23.4 Å². The summed E-state index contributed by atoms with van der Waals surface area (Å²) in [5.41, 5.74) is 0. The Labute approximate surface area is 302 Å². The largest absolute Gasteiger partial charge is 0.453 e. The van der Waals surface area contributed by atoms with E-state index in [4.69, 9.17) is 4.74 Å². The maximum absolute atomic E-state index is 13.4. The first kappa shape index (κ1) is 46.8. The lowest BCUT2D eigenvalue weighted by Crippen LogP contribution is -2.47. The molecule has 0 aliphatic carbocycles. The molecule has 284 valence electrons. The first-order valence-electron chi connectivity index (χ1n) is 20.5. The minimum absolute atomic E-state index is 0.202. The quantitative estimate of drug-likeness (QED) is 0.0287. The fourth-order valence-corrected chi connectivity index (χ4v) is 6.25. The summed E-state index contributed by atoms with van der Waals surface area (Å²) in [6.45, 7) is 5.73. The molecule has 0 saturated carbocycles. The number of rotatable bonds is 35. The molecule has 0 bridgehead atoms. The molecule has 0 N–H and O–H groups in total. The molecule has 49 heavy (non-hydrogen) atoms. The van der Waals surface area contributed by atoms with Gasteiger partial charge in [0, 0.05) is 33.9 Å². The third kappa shape index (κ3) is 28.2. The third-order valence-electron chi connectivity index (χ3n) is 9.34. The Morgan fingerprint density at radius 3 is 1.16 bits per heavy atom. The monoisotopic (exact) mass is 688 g/mol. The number of unbranched alkanes of at least 4 members (excludes halogenated alkanes) is 22. The van der Waals surface area contributed by atoms with Crippen molar-refractivity contribution in [3.8, 4) is 0 Å². The van der Waals surface area contributed by atoms with E-state index in [0.29, 0.717) is 12.8 Å². The number of hydrogen-bond donors (Lipinski definition) is 0. The Kier molecular flexibility index (Phi) is 32.7. The second-order valence-electron chi connectivity index (χ2n) is 14.3. The Morgan fingerprint density at radius 1 is 0.490 bits per heavy atom. The molecule has 0 aliphatic heterocycles. The van der Waals surface area contributed by atoms with Crippen molar-refractivity contribution in [1.29, 1.82) is 0 Å². The molecule has 0 aromatic heterocycles. The molecule has 0 aromatic carbocycles. The van der Waals surface area contributed by atoms with Crippen LogP contribution in [0.2, 0.25) is 0 Å². The summed E-state index contributed by atoms with van der Waals surface area (Å²) in [6.07, 6.45) is 38.5. The third-order valence-corrected chi connectivity index (χ3v) is 9.34. The van der Waals surface area contributed by atoms with Gasteiger partial charge in [-0.05, 0) is 64.2 Å². The van der Waals surface area contributed by atoms with E-state index in [1.54, 1.807) is 14.1 Å². The molecular formula is C43H77NO5. The number of nitrogens with zero attached hydrogens (tertiary/aromatic N) is 1. The van der Waals surface area contributed by atoms with E-state index < -0.39 is 23.9 Å². The van der Waals surface area contributed by atoms with Crippen molar-refractivity contribution in [1.82, 2.24) is 4.90 Å². The van der Waals surface area contributed by atoms with Crippen LogP contribution in [0.5, 0.6) is 0 Å².